The molecule has 2 atom stereocenters. The highest BCUT2D eigenvalue weighted by atomic mass is 16.5. The Hall–Kier alpha value is -3.59. The number of ether oxygens (including phenoxy) is 3. The van der Waals surface area contributed by atoms with E-state index in [4.69, 9.17) is 14.2 Å². The average molecular weight is 438 g/mol. The number of carbonyl (C=O) groups excluding carboxylic acids is 1. The Labute approximate surface area is 186 Å². The Morgan fingerprint density at radius 3 is 2.59 bits per heavy atom. The quantitative estimate of drug-likeness (QED) is 0.735. The Morgan fingerprint density at radius 2 is 1.97 bits per heavy atom. The molecule has 0 aliphatic heterocycles. The summed E-state index contributed by atoms with van der Waals surface area (Å²) in [6, 6.07) is 1.64. The predicted octanol–water partition coefficient (Wildman–Crippen LogP) is 1.98. The van der Waals surface area contributed by atoms with Crippen molar-refractivity contribution in [3.63, 3.8) is 0 Å². The first-order valence-electron chi connectivity index (χ1n) is 10.3. The highest BCUT2D eigenvalue weighted by Gasteiger charge is 2.33. The smallest absolute Gasteiger partial charge is 0.217 e. The van der Waals surface area contributed by atoms with E-state index in [1.54, 1.807) is 45.9 Å². The fourth-order valence-corrected chi connectivity index (χ4v) is 4.35. The van der Waals surface area contributed by atoms with Crippen molar-refractivity contribution in [2.75, 3.05) is 21.3 Å². The van der Waals surface area contributed by atoms with Crippen LogP contribution in [0.4, 0.5) is 0 Å². The molecule has 1 amide bonds. The molecule has 0 fully saturated rings. The molecule has 168 valence electrons. The first kappa shape index (κ1) is 21.6. The van der Waals surface area contributed by atoms with Crippen LogP contribution in [-0.4, -0.2) is 59.5 Å². The summed E-state index contributed by atoms with van der Waals surface area (Å²) in [6.07, 6.45) is 9.03. The zero-order valence-corrected chi connectivity index (χ0v) is 18.5. The summed E-state index contributed by atoms with van der Waals surface area (Å²) in [5.74, 6) is 1.44. The first-order chi connectivity index (χ1) is 15.5. The summed E-state index contributed by atoms with van der Waals surface area (Å²) in [5, 5.41) is 21.9. The van der Waals surface area contributed by atoms with Gasteiger partial charge in [-0.05, 0) is 47.8 Å². The van der Waals surface area contributed by atoms with Crippen LogP contribution in [0.2, 0.25) is 0 Å². The van der Waals surface area contributed by atoms with Gasteiger partial charge in [0.15, 0.2) is 11.5 Å². The number of amides is 1. The molecule has 1 aromatic carbocycles. The van der Waals surface area contributed by atoms with Gasteiger partial charge in [0, 0.05) is 12.5 Å². The SMILES string of the molecule is COc1cc2c(c(OC)c1OC)C1=CC=C(n3ccnn3)[C@@H](O)C=C1[C@@H](NC(C)=O)CC2. The minimum absolute atomic E-state index is 0.147. The molecular formula is C23H26N4O5. The van der Waals surface area contributed by atoms with Crippen LogP contribution in [0.1, 0.15) is 24.5 Å². The second-order valence-electron chi connectivity index (χ2n) is 7.56. The highest BCUT2D eigenvalue weighted by molar-refractivity contribution is 5.91. The van der Waals surface area contributed by atoms with Gasteiger partial charge in [0.05, 0.1) is 45.5 Å². The lowest BCUT2D eigenvalue weighted by Crippen LogP contribution is -2.35. The van der Waals surface area contributed by atoms with Crippen LogP contribution in [0.25, 0.3) is 11.3 Å². The Bertz CT molecular complexity index is 1120. The number of nitrogens with zero attached hydrogens (tertiary/aromatic N) is 3. The number of nitrogens with one attached hydrogen (secondary N) is 1. The number of methoxy groups -OCH3 is 3. The minimum Gasteiger partial charge on any atom is -0.493 e. The second-order valence-corrected chi connectivity index (χ2v) is 7.56. The van der Waals surface area contributed by atoms with Gasteiger partial charge in [0.1, 0.15) is 6.10 Å². The minimum atomic E-state index is -0.954. The Kier molecular flexibility index (Phi) is 6.00. The van der Waals surface area contributed by atoms with Gasteiger partial charge in [-0.3, -0.25) is 4.79 Å². The third kappa shape index (κ3) is 3.75. The van der Waals surface area contributed by atoms with Gasteiger partial charge in [-0.2, -0.15) is 0 Å². The van der Waals surface area contributed by atoms with E-state index in [1.165, 1.54) is 11.6 Å². The van der Waals surface area contributed by atoms with E-state index >= 15 is 0 Å². The topological polar surface area (TPSA) is 108 Å². The van der Waals surface area contributed by atoms with Crippen LogP contribution in [0.15, 0.2) is 42.3 Å². The third-order valence-corrected chi connectivity index (χ3v) is 5.70. The van der Waals surface area contributed by atoms with Crippen LogP contribution < -0.4 is 19.5 Å². The van der Waals surface area contributed by atoms with E-state index in [1.807, 2.05) is 12.1 Å². The van der Waals surface area contributed by atoms with Crippen LogP contribution in [0, 0.1) is 0 Å². The molecule has 0 saturated heterocycles. The normalized spacial score (nSPS) is 19.8. The summed E-state index contributed by atoms with van der Waals surface area (Å²) < 4.78 is 18.5. The van der Waals surface area contributed by atoms with Crippen molar-refractivity contribution in [2.24, 2.45) is 0 Å². The van der Waals surface area contributed by atoms with E-state index < -0.39 is 6.10 Å². The summed E-state index contributed by atoms with van der Waals surface area (Å²) in [7, 11) is 4.73. The molecule has 32 heavy (non-hydrogen) atoms. The predicted molar refractivity (Wildman–Crippen MR) is 118 cm³/mol. The van der Waals surface area contributed by atoms with Crippen molar-refractivity contribution in [1.82, 2.24) is 20.3 Å². The lowest BCUT2D eigenvalue weighted by Gasteiger charge is -2.23. The molecular weight excluding hydrogens is 412 g/mol. The summed E-state index contributed by atoms with van der Waals surface area (Å²) in [6.45, 7) is 1.49. The maximum atomic E-state index is 12.0. The maximum Gasteiger partial charge on any atom is 0.217 e. The molecule has 2 aliphatic rings. The number of fused-ring (bicyclic) bond motifs is 3. The van der Waals surface area contributed by atoms with Gasteiger partial charge in [0.25, 0.3) is 0 Å². The second kappa shape index (κ2) is 8.88. The number of carbonyl (C=O) groups is 1. The van der Waals surface area contributed by atoms with Gasteiger partial charge in [-0.1, -0.05) is 11.3 Å². The molecule has 9 heteroatoms. The molecule has 0 bridgehead atoms. The number of allylic oxidation sites excluding steroid dienone is 2. The van der Waals surface area contributed by atoms with Gasteiger partial charge in [-0.25, -0.2) is 4.68 Å². The summed E-state index contributed by atoms with van der Waals surface area (Å²) >= 11 is 0. The van der Waals surface area contributed by atoms with Crippen LogP contribution in [0.3, 0.4) is 0 Å². The molecule has 2 N–H and O–H groups in total. The van der Waals surface area contributed by atoms with E-state index in [2.05, 4.69) is 15.6 Å². The number of rotatable bonds is 5. The molecule has 1 aromatic heterocycles. The lowest BCUT2D eigenvalue weighted by molar-refractivity contribution is -0.119. The molecule has 0 spiro atoms. The van der Waals surface area contributed by atoms with E-state index in [0.717, 1.165) is 22.3 Å². The third-order valence-electron chi connectivity index (χ3n) is 5.70. The maximum absolute atomic E-state index is 12.0. The highest BCUT2D eigenvalue weighted by Crippen LogP contribution is 2.49. The van der Waals surface area contributed by atoms with Crippen molar-refractivity contribution in [3.8, 4) is 17.2 Å². The number of aliphatic hydroxyl groups is 1. The number of benzene rings is 1. The molecule has 9 nitrogen and oxygen atoms in total. The first-order valence-corrected chi connectivity index (χ1v) is 10.3. The van der Waals surface area contributed by atoms with Crippen LogP contribution in [-0.2, 0) is 11.2 Å². The van der Waals surface area contributed by atoms with Crippen molar-refractivity contribution in [1.29, 1.82) is 0 Å². The number of aromatic nitrogens is 3. The zero-order valence-electron chi connectivity index (χ0n) is 18.5. The standard InChI is InChI=1S/C23H26N4O5/c1-13(28)25-17-7-5-14-11-20(30-2)22(31-3)23(32-4)21(14)15-6-8-18(19(29)12-16(15)17)27-10-9-24-26-27/h6,8-12,17,19,29H,5,7H2,1-4H3,(H,25,28)/t17-,19-/m0/s1. The number of aryl methyl sites for hydroxylation is 1. The van der Waals surface area contributed by atoms with Crippen molar-refractivity contribution in [2.45, 2.75) is 31.9 Å². The van der Waals surface area contributed by atoms with Gasteiger partial charge < -0.3 is 24.6 Å². The van der Waals surface area contributed by atoms with E-state index in [9.17, 15) is 9.90 Å². The molecule has 2 aromatic rings. The number of hydrogen-bond acceptors (Lipinski definition) is 7. The molecule has 4 rings (SSSR count). The molecule has 2 aliphatic carbocycles. The Morgan fingerprint density at radius 1 is 1.19 bits per heavy atom. The number of aliphatic hydroxyl groups excluding tert-OH is 1. The largest absolute Gasteiger partial charge is 0.493 e. The molecule has 1 heterocycles. The summed E-state index contributed by atoms with van der Waals surface area (Å²) in [4.78, 5) is 12.0. The van der Waals surface area contributed by atoms with Gasteiger partial charge >= 0.3 is 0 Å². The van der Waals surface area contributed by atoms with Crippen molar-refractivity contribution < 1.29 is 24.1 Å². The van der Waals surface area contributed by atoms with Crippen molar-refractivity contribution in [3.05, 3.63) is 53.4 Å². The number of hydrogen-bond donors (Lipinski definition) is 2. The monoisotopic (exact) mass is 438 g/mol. The van der Waals surface area contributed by atoms with Crippen LogP contribution >= 0.6 is 0 Å². The van der Waals surface area contributed by atoms with Gasteiger partial charge in [-0.15, -0.1) is 5.10 Å². The van der Waals surface area contributed by atoms with Gasteiger partial charge in [0.2, 0.25) is 11.7 Å². The fraction of sp³-hybridized carbons (Fsp3) is 0.348. The zero-order chi connectivity index (χ0) is 22.8. The lowest BCUT2D eigenvalue weighted by atomic mass is 9.91. The fourth-order valence-electron chi connectivity index (χ4n) is 4.35. The average Bonchev–Trinajstić information content (AvgIpc) is 3.20. The molecule has 0 saturated carbocycles. The summed E-state index contributed by atoms with van der Waals surface area (Å²) in [5.41, 5.74) is 3.99. The van der Waals surface area contributed by atoms with Crippen LogP contribution in [0.5, 0.6) is 17.2 Å². The molecule has 0 radical (unpaired) electrons. The van der Waals surface area contributed by atoms with E-state index in [0.29, 0.717) is 35.8 Å². The molecule has 0 unspecified atom stereocenters. The van der Waals surface area contributed by atoms with Crippen molar-refractivity contribution >= 4 is 17.2 Å². The Balaban J connectivity index is 1.98. The van der Waals surface area contributed by atoms with E-state index in [-0.39, 0.29) is 11.9 Å².